The van der Waals surface area contributed by atoms with Gasteiger partial charge in [0.15, 0.2) is 0 Å². The number of esters is 1. The molecule has 0 amide bonds. The number of carbonyl (C=O) groups is 1. The molecule has 3 aromatic rings. The van der Waals surface area contributed by atoms with Crippen molar-refractivity contribution in [3.8, 4) is 0 Å². The van der Waals surface area contributed by atoms with E-state index in [-0.39, 0.29) is 12.4 Å². The van der Waals surface area contributed by atoms with Gasteiger partial charge in [-0.15, -0.1) is 0 Å². The summed E-state index contributed by atoms with van der Waals surface area (Å²) in [6.45, 7) is 6.57. The van der Waals surface area contributed by atoms with Crippen LogP contribution >= 0.6 is 0 Å². The summed E-state index contributed by atoms with van der Waals surface area (Å²) in [5.74, 6) is 0.986. The van der Waals surface area contributed by atoms with Crippen LogP contribution in [0.1, 0.15) is 32.1 Å². The highest BCUT2D eigenvalue weighted by Gasteiger charge is 2.20. The molecule has 3 rings (SSSR count). The average Bonchev–Trinajstić information content (AvgIpc) is 2.85. The Morgan fingerprint density at radius 2 is 1.96 bits per heavy atom. The SMILES string of the molecule is CCOC(=O)Cc1oc2ccc3ccccc3c2c1CC(C)C. The van der Waals surface area contributed by atoms with Gasteiger partial charge in [-0.25, -0.2) is 0 Å². The van der Waals surface area contributed by atoms with Crippen molar-refractivity contribution in [2.45, 2.75) is 33.6 Å². The van der Waals surface area contributed by atoms with Crippen LogP contribution < -0.4 is 0 Å². The van der Waals surface area contributed by atoms with Gasteiger partial charge in [-0.3, -0.25) is 4.79 Å². The van der Waals surface area contributed by atoms with Crippen molar-refractivity contribution in [1.82, 2.24) is 0 Å². The molecule has 0 aliphatic heterocycles. The predicted octanol–water partition coefficient (Wildman–Crippen LogP) is 4.89. The molecular formula is C20H22O3. The highest BCUT2D eigenvalue weighted by atomic mass is 16.5. The zero-order valence-corrected chi connectivity index (χ0v) is 13.9. The molecule has 0 saturated heterocycles. The van der Waals surface area contributed by atoms with Gasteiger partial charge in [-0.1, -0.05) is 44.2 Å². The van der Waals surface area contributed by atoms with Gasteiger partial charge >= 0.3 is 5.97 Å². The van der Waals surface area contributed by atoms with E-state index in [2.05, 4.69) is 32.0 Å². The summed E-state index contributed by atoms with van der Waals surface area (Å²) in [5, 5.41) is 3.50. The first-order chi connectivity index (χ1) is 11.1. The molecule has 120 valence electrons. The lowest BCUT2D eigenvalue weighted by molar-refractivity contribution is -0.142. The molecule has 3 heteroatoms. The van der Waals surface area contributed by atoms with E-state index in [1.165, 1.54) is 10.8 Å². The first kappa shape index (κ1) is 15.6. The fourth-order valence-electron chi connectivity index (χ4n) is 3.09. The highest BCUT2D eigenvalue weighted by Crippen LogP contribution is 2.34. The van der Waals surface area contributed by atoms with E-state index in [9.17, 15) is 4.79 Å². The molecule has 0 N–H and O–H groups in total. The molecule has 0 aliphatic carbocycles. The molecule has 0 radical (unpaired) electrons. The third-order valence-electron chi connectivity index (χ3n) is 3.98. The molecule has 1 aromatic heterocycles. The van der Waals surface area contributed by atoms with Gasteiger partial charge in [0.2, 0.25) is 0 Å². The van der Waals surface area contributed by atoms with Crippen molar-refractivity contribution in [3.05, 3.63) is 47.7 Å². The molecule has 0 unspecified atom stereocenters. The van der Waals surface area contributed by atoms with Crippen LogP contribution in [0, 0.1) is 5.92 Å². The van der Waals surface area contributed by atoms with E-state index in [4.69, 9.17) is 9.15 Å². The lowest BCUT2D eigenvalue weighted by Gasteiger charge is -2.07. The van der Waals surface area contributed by atoms with Crippen LogP contribution in [0.2, 0.25) is 0 Å². The van der Waals surface area contributed by atoms with Crippen LogP contribution in [0.15, 0.2) is 40.8 Å². The molecular weight excluding hydrogens is 288 g/mol. The zero-order valence-electron chi connectivity index (χ0n) is 13.9. The minimum atomic E-state index is -0.235. The summed E-state index contributed by atoms with van der Waals surface area (Å²) >= 11 is 0. The minimum absolute atomic E-state index is 0.193. The molecule has 0 bridgehead atoms. The number of furan rings is 1. The first-order valence-electron chi connectivity index (χ1n) is 8.17. The van der Waals surface area contributed by atoms with E-state index in [0.29, 0.717) is 12.5 Å². The topological polar surface area (TPSA) is 39.4 Å². The van der Waals surface area contributed by atoms with Crippen molar-refractivity contribution in [1.29, 1.82) is 0 Å². The zero-order chi connectivity index (χ0) is 16.4. The van der Waals surface area contributed by atoms with Crippen molar-refractivity contribution in [2.24, 2.45) is 5.92 Å². The lowest BCUT2D eigenvalue weighted by Crippen LogP contribution is -2.09. The van der Waals surface area contributed by atoms with E-state index in [0.717, 1.165) is 28.7 Å². The number of fused-ring (bicyclic) bond motifs is 3. The Hall–Kier alpha value is -2.29. The number of ether oxygens (including phenoxy) is 1. The molecule has 23 heavy (non-hydrogen) atoms. The van der Waals surface area contributed by atoms with Gasteiger partial charge < -0.3 is 9.15 Å². The van der Waals surface area contributed by atoms with Gasteiger partial charge in [0.25, 0.3) is 0 Å². The minimum Gasteiger partial charge on any atom is -0.466 e. The average molecular weight is 310 g/mol. The lowest BCUT2D eigenvalue weighted by atomic mass is 9.95. The first-order valence-corrected chi connectivity index (χ1v) is 8.17. The number of rotatable bonds is 5. The molecule has 0 spiro atoms. The van der Waals surface area contributed by atoms with Crippen LogP contribution in [0.4, 0.5) is 0 Å². The van der Waals surface area contributed by atoms with Crippen LogP contribution in [-0.2, 0) is 22.4 Å². The van der Waals surface area contributed by atoms with Crippen LogP contribution in [0.3, 0.4) is 0 Å². The van der Waals surface area contributed by atoms with Gasteiger partial charge in [0, 0.05) is 10.9 Å². The smallest absolute Gasteiger partial charge is 0.313 e. The monoisotopic (exact) mass is 310 g/mol. The third kappa shape index (κ3) is 3.09. The Morgan fingerprint density at radius 1 is 1.17 bits per heavy atom. The van der Waals surface area contributed by atoms with Crippen LogP contribution in [0.5, 0.6) is 0 Å². The Kier molecular flexibility index (Phi) is 4.37. The van der Waals surface area contributed by atoms with E-state index < -0.39 is 0 Å². The summed E-state index contributed by atoms with van der Waals surface area (Å²) in [6.07, 6.45) is 1.08. The van der Waals surface area contributed by atoms with Gasteiger partial charge in [0.05, 0.1) is 6.61 Å². The number of carbonyl (C=O) groups excluding carboxylic acids is 1. The summed E-state index contributed by atoms with van der Waals surface area (Å²) in [4.78, 5) is 11.9. The van der Waals surface area contributed by atoms with Crippen molar-refractivity contribution in [2.75, 3.05) is 6.61 Å². The maximum Gasteiger partial charge on any atom is 0.313 e. The van der Waals surface area contributed by atoms with Gasteiger partial charge in [-0.05, 0) is 36.1 Å². The Bertz CT molecular complexity index is 843. The van der Waals surface area contributed by atoms with Crippen molar-refractivity contribution >= 4 is 27.7 Å². The van der Waals surface area contributed by atoms with Crippen molar-refractivity contribution < 1.29 is 13.9 Å². The van der Waals surface area contributed by atoms with E-state index in [1.807, 2.05) is 25.1 Å². The standard InChI is InChI=1S/C20H22O3/c1-4-22-19(21)12-18-16(11-13(2)3)20-15-8-6-5-7-14(15)9-10-17(20)23-18/h5-10,13H,4,11-12H2,1-3H3. The van der Waals surface area contributed by atoms with E-state index >= 15 is 0 Å². The summed E-state index contributed by atoms with van der Waals surface area (Å²) in [6, 6.07) is 12.4. The predicted molar refractivity (Wildman–Crippen MR) is 92.6 cm³/mol. The van der Waals surface area contributed by atoms with Crippen molar-refractivity contribution in [3.63, 3.8) is 0 Å². The molecule has 0 aliphatic rings. The third-order valence-corrected chi connectivity index (χ3v) is 3.98. The molecule has 3 nitrogen and oxygen atoms in total. The normalized spacial score (nSPS) is 11.5. The Morgan fingerprint density at radius 3 is 2.70 bits per heavy atom. The number of hydrogen-bond acceptors (Lipinski definition) is 3. The molecule has 1 heterocycles. The molecule has 0 fully saturated rings. The highest BCUT2D eigenvalue weighted by molar-refractivity contribution is 6.08. The fourth-order valence-corrected chi connectivity index (χ4v) is 3.09. The summed E-state index contributed by atoms with van der Waals surface area (Å²) in [5.41, 5.74) is 1.98. The summed E-state index contributed by atoms with van der Waals surface area (Å²) in [7, 11) is 0. The number of hydrogen-bond donors (Lipinski definition) is 0. The Labute approximate surface area is 136 Å². The van der Waals surface area contributed by atoms with Gasteiger partial charge in [0.1, 0.15) is 17.8 Å². The second-order valence-electron chi connectivity index (χ2n) is 6.24. The maximum atomic E-state index is 11.9. The summed E-state index contributed by atoms with van der Waals surface area (Å²) < 4.78 is 11.1. The maximum absolute atomic E-state index is 11.9. The molecule has 2 aromatic carbocycles. The van der Waals surface area contributed by atoms with E-state index in [1.54, 1.807) is 0 Å². The number of benzene rings is 2. The quantitative estimate of drug-likeness (QED) is 0.630. The second-order valence-corrected chi connectivity index (χ2v) is 6.24. The second kappa shape index (κ2) is 6.45. The molecule has 0 atom stereocenters. The molecule has 0 saturated carbocycles. The van der Waals surface area contributed by atoms with Crippen LogP contribution in [0.25, 0.3) is 21.7 Å². The van der Waals surface area contributed by atoms with Crippen LogP contribution in [-0.4, -0.2) is 12.6 Å². The fraction of sp³-hybridized carbons (Fsp3) is 0.350. The van der Waals surface area contributed by atoms with Gasteiger partial charge in [-0.2, -0.15) is 0 Å². The Balaban J connectivity index is 2.19. The largest absolute Gasteiger partial charge is 0.466 e.